The normalized spacial score (nSPS) is 20.7. The third kappa shape index (κ3) is 4.31. The lowest BCUT2D eigenvalue weighted by Gasteiger charge is -2.34. The quantitative estimate of drug-likeness (QED) is 0.683. The highest BCUT2D eigenvalue weighted by atomic mass is 16.2. The Kier molecular flexibility index (Phi) is 5.65. The zero-order chi connectivity index (χ0) is 21.0. The number of aromatic nitrogens is 2. The lowest BCUT2D eigenvalue weighted by Crippen LogP contribution is -2.44. The predicted octanol–water partition coefficient (Wildman–Crippen LogP) is 4.55. The van der Waals surface area contributed by atoms with Gasteiger partial charge in [-0.1, -0.05) is 54.6 Å². The number of fused-ring (bicyclic) bond motifs is 1. The third-order valence-electron chi connectivity index (χ3n) is 6.52. The van der Waals surface area contributed by atoms with Crippen LogP contribution in [0.25, 0.3) is 11.3 Å². The van der Waals surface area contributed by atoms with E-state index in [0.29, 0.717) is 6.54 Å². The summed E-state index contributed by atoms with van der Waals surface area (Å²) in [6.07, 6.45) is 5.17. The van der Waals surface area contributed by atoms with Crippen LogP contribution in [0.4, 0.5) is 5.82 Å². The summed E-state index contributed by atoms with van der Waals surface area (Å²) in [5, 5.41) is 12.2. The first-order valence-electron chi connectivity index (χ1n) is 11.3. The maximum absolute atomic E-state index is 13.1. The molecule has 1 aliphatic heterocycles. The van der Waals surface area contributed by atoms with E-state index in [2.05, 4.69) is 44.7 Å². The number of rotatable bonds is 4. The number of anilines is 1. The fourth-order valence-corrected chi connectivity index (χ4v) is 4.85. The van der Waals surface area contributed by atoms with E-state index in [1.54, 1.807) is 0 Å². The van der Waals surface area contributed by atoms with E-state index in [0.717, 1.165) is 55.7 Å². The Balaban J connectivity index is 1.25. The minimum Gasteiger partial charge on any atom is -0.354 e. The fraction of sp³-hybridized carbons (Fsp3) is 0.346. The molecule has 1 N–H and O–H groups in total. The molecule has 2 atom stereocenters. The standard InChI is InChI=1S/C26H28N4O/c31-26(27-24-14-6-11-19-8-4-5-13-22(19)24)21-12-7-17-30(18-21)25-16-15-23(28-29-25)20-9-2-1-3-10-20/h1-5,8-10,13,15-16,21,24H,6-7,11-12,14,17-18H2,(H,27,31). The summed E-state index contributed by atoms with van der Waals surface area (Å²) in [6, 6.07) is 22.8. The highest BCUT2D eigenvalue weighted by molar-refractivity contribution is 5.80. The average molecular weight is 413 g/mol. The average Bonchev–Trinajstić information content (AvgIpc) is 2.85. The van der Waals surface area contributed by atoms with E-state index in [-0.39, 0.29) is 17.9 Å². The Morgan fingerprint density at radius 1 is 0.903 bits per heavy atom. The number of aryl methyl sites for hydroxylation is 1. The molecule has 2 aromatic carbocycles. The van der Waals surface area contributed by atoms with E-state index >= 15 is 0 Å². The van der Waals surface area contributed by atoms with Gasteiger partial charge in [-0.2, -0.15) is 0 Å². The summed E-state index contributed by atoms with van der Waals surface area (Å²) in [4.78, 5) is 15.3. The Labute approximate surface area is 183 Å². The maximum atomic E-state index is 13.1. The van der Waals surface area contributed by atoms with Crippen molar-refractivity contribution >= 4 is 11.7 Å². The molecule has 2 heterocycles. The first kappa shape index (κ1) is 19.7. The molecule has 0 saturated carbocycles. The molecule has 3 aromatic rings. The number of nitrogens with one attached hydrogen (secondary N) is 1. The van der Waals surface area contributed by atoms with Gasteiger partial charge in [0, 0.05) is 18.7 Å². The van der Waals surface area contributed by atoms with Crippen LogP contribution in [-0.2, 0) is 11.2 Å². The van der Waals surface area contributed by atoms with Crippen molar-refractivity contribution < 1.29 is 4.79 Å². The third-order valence-corrected chi connectivity index (χ3v) is 6.52. The lowest BCUT2D eigenvalue weighted by atomic mass is 9.87. The first-order chi connectivity index (χ1) is 15.3. The summed E-state index contributed by atoms with van der Waals surface area (Å²) >= 11 is 0. The second-order valence-electron chi connectivity index (χ2n) is 8.58. The van der Waals surface area contributed by atoms with Gasteiger partial charge in [0.25, 0.3) is 0 Å². The van der Waals surface area contributed by atoms with Gasteiger partial charge in [0.05, 0.1) is 17.7 Å². The van der Waals surface area contributed by atoms with Crippen LogP contribution in [0.5, 0.6) is 0 Å². The smallest absolute Gasteiger partial charge is 0.225 e. The first-order valence-corrected chi connectivity index (χ1v) is 11.3. The molecule has 2 aliphatic rings. The van der Waals surface area contributed by atoms with Crippen LogP contribution in [0.3, 0.4) is 0 Å². The van der Waals surface area contributed by atoms with E-state index in [4.69, 9.17) is 0 Å². The summed E-state index contributed by atoms with van der Waals surface area (Å²) in [6.45, 7) is 1.61. The number of carbonyl (C=O) groups is 1. The van der Waals surface area contributed by atoms with Crippen molar-refractivity contribution in [3.8, 4) is 11.3 Å². The van der Waals surface area contributed by atoms with E-state index in [1.165, 1.54) is 11.1 Å². The lowest BCUT2D eigenvalue weighted by molar-refractivity contribution is -0.126. The molecule has 2 unspecified atom stereocenters. The van der Waals surface area contributed by atoms with Crippen LogP contribution >= 0.6 is 0 Å². The van der Waals surface area contributed by atoms with Crippen molar-refractivity contribution in [1.29, 1.82) is 0 Å². The highest BCUT2D eigenvalue weighted by Crippen LogP contribution is 2.30. The van der Waals surface area contributed by atoms with Gasteiger partial charge in [-0.05, 0) is 55.4 Å². The molecule has 1 amide bonds. The largest absolute Gasteiger partial charge is 0.354 e. The van der Waals surface area contributed by atoms with Gasteiger partial charge in [0.1, 0.15) is 0 Å². The van der Waals surface area contributed by atoms with Crippen molar-refractivity contribution in [3.63, 3.8) is 0 Å². The van der Waals surface area contributed by atoms with Gasteiger partial charge in [0.2, 0.25) is 5.91 Å². The van der Waals surface area contributed by atoms with Gasteiger partial charge in [0.15, 0.2) is 5.82 Å². The molecule has 31 heavy (non-hydrogen) atoms. The number of carbonyl (C=O) groups excluding carboxylic acids is 1. The second kappa shape index (κ2) is 8.88. The maximum Gasteiger partial charge on any atom is 0.225 e. The van der Waals surface area contributed by atoms with E-state index in [9.17, 15) is 4.79 Å². The molecule has 5 nitrogen and oxygen atoms in total. The van der Waals surface area contributed by atoms with Crippen LogP contribution in [-0.4, -0.2) is 29.2 Å². The zero-order valence-corrected chi connectivity index (χ0v) is 17.7. The molecular weight excluding hydrogens is 384 g/mol. The van der Waals surface area contributed by atoms with Crippen LogP contribution in [0.1, 0.15) is 42.9 Å². The van der Waals surface area contributed by atoms with Crippen LogP contribution in [0.15, 0.2) is 66.7 Å². The molecule has 1 aromatic heterocycles. The summed E-state index contributed by atoms with van der Waals surface area (Å²) in [5.74, 6) is 0.999. The van der Waals surface area contributed by atoms with Gasteiger partial charge in [-0.25, -0.2) is 0 Å². The summed E-state index contributed by atoms with van der Waals surface area (Å²) < 4.78 is 0. The second-order valence-corrected chi connectivity index (χ2v) is 8.58. The molecule has 1 fully saturated rings. The van der Waals surface area contributed by atoms with E-state index in [1.807, 2.05) is 42.5 Å². The van der Waals surface area contributed by atoms with Crippen molar-refractivity contribution in [3.05, 3.63) is 77.9 Å². The van der Waals surface area contributed by atoms with E-state index < -0.39 is 0 Å². The van der Waals surface area contributed by atoms with Gasteiger partial charge in [-0.15, -0.1) is 10.2 Å². The predicted molar refractivity (Wildman–Crippen MR) is 123 cm³/mol. The summed E-state index contributed by atoms with van der Waals surface area (Å²) in [5.41, 5.74) is 4.59. The Morgan fingerprint density at radius 2 is 1.74 bits per heavy atom. The minimum absolute atomic E-state index is 0.0153. The van der Waals surface area contributed by atoms with Crippen LogP contribution < -0.4 is 10.2 Å². The van der Waals surface area contributed by atoms with Crippen LogP contribution in [0.2, 0.25) is 0 Å². The van der Waals surface area contributed by atoms with Crippen molar-refractivity contribution in [1.82, 2.24) is 15.5 Å². The van der Waals surface area contributed by atoms with Crippen LogP contribution in [0, 0.1) is 5.92 Å². The number of nitrogens with zero attached hydrogens (tertiary/aromatic N) is 3. The molecule has 5 rings (SSSR count). The molecule has 0 radical (unpaired) electrons. The molecular formula is C26H28N4O. The SMILES string of the molecule is O=C(NC1CCCc2ccccc21)C1CCCN(c2ccc(-c3ccccc3)nn2)C1. The monoisotopic (exact) mass is 412 g/mol. The van der Waals surface area contributed by atoms with Crippen molar-refractivity contribution in [2.75, 3.05) is 18.0 Å². The number of hydrogen-bond donors (Lipinski definition) is 1. The molecule has 0 bridgehead atoms. The molecule has 5 heteroatoms. The van der Waals surface area contributed by atoms with Crippen molar-refractivity contribution in [2.24, 2.45) is 5.92 Å². The minimum atomic E-state index is -0.0153. The summed E-state index contributed by atoms with van der Waals surface area (Å²) in [7, 11) is 0. The Morgan fingerprint density at radius 3 is 2.58 bits per heavy atom. The number of hydrogen-bond acceptors (Lipinski definition) is 4. The number of piperidine rings is 1. The zero-order valence-electron chi connectivity index (χ0n) is 17.7. The fourth-order valence-electron chi connectivity index (χ4n) is 4.85. The molecule has 1 aliphatic carbocycles. The number of amides is 1. The highest BCUT2D eigenvalue weighted by Gasteiger charge is 2.29. The molecule has 158 valence electrons. The topological polar surface area (TPSA) is 58.1 Å². The molecule has 1 saturated heterocycles. The Hall–Kier alpha value is -3.21. The molecule has 0 spiro atoms. The van der Waals surface area contributed by atoms with Gasteiger partial charge >= 0.3 is 0 Å². The Bertz CT molecular complexity index is 1030. The van der Waals surface area contributed by atoms with Crippen molar-refractivity contribution in [2.45, 2.75) is 38.1 Å². The van der Waals surface area contributed by atoms with Gasteiger partial charge in [-0.3, -0.25) is 4.79 Å². The number of benzene rings is 2. The van der Waals surface area contributed by atoms with Gasteiger partial charge < -0.3 is 10.2 Å².